The van der Waals surface area contributed by atoms with Gasteiger partial charge in [0.1, 0.15) is 0 Å². The number of hydrogen-bond donors (Lipinski definition) is 0. The monoisotopic (exact) mass is 190 g/mol. The van der Waals surface area contributed by atoms with Gasteiger partial charge >= 0.3 is 0 Å². The van der Waals surface area contributed by atoms with Crippen LogP contribution in [0, 0.1) is 17.8 Å². The number of allylic oxidation sites excluding steroid dienone is 2. The van der Waals surface area contributed by atoms with Crippen LogP contribution in [-0.4, -0.2) is 5.78 Å². The highest BCUT2D eigenvalue weighted by Crippen LogP contribution is 2.35. The Hall–Kier alpha value is -1.03. The average molecular weight is 190 g/mol. The van der Waals surface area contributed by atoms with Gasteiger partial charge in [-0.1, -0.05) is 19.4 Å². The van der Waals surface area contributed by atoms with Gasteiger partial charge in [0.2, 0.25) is 0 Å². The summed E-state index contributed by atoms with van der Waals surface area (Å²) in [6.45, 7) is 4.30. The molecule has 0 N–H and O–H groups in total. The van der Waals surface area contributed by atoms with Crippen LogP contribution in [0.4, 0.5) is 0 Å². The summed E-state index contributed by atoms with van der Waals surface area (Å²) >= 11 is 0. The van der Waals surface area contributed by atoms with Crippen LogP contribution in [0.5, 0.6) is 0 Å². The Kier molecular flexibility index (Phi) is 3.52. The normalized spacial score (nSPS) is 20.1. The summed E-state index contributed by atoms with van der Waals surface area (Å²) < 4.78 is 0. The van der Waals surface area contributed by atoms with Crippen molar-refractivity contribution in [1.82, 2.24) is 0 Å². The van der Waals surface area contributed by atoms with E-state index < -0.39 is 0 Å². The van der Waals surface area contributed by atoms with Crippen molar-refractivity contribution in [3.63, 3.8) is 0 Å². The summed E-state index contributed by atoms with van der Waals surface area (Å²) in [4.78, 5) is 11.4. The van der Waals surface area contributed by atoms with Crippen LogP contribution in [0.25, 0.3) is 0 Å². The van der Waals surface area contributed by atoms with Crippen molar-refractivity contribution >= 4 is 5.78 Å². The SMILES string of the molecule is C#CCCCC1=CC(=O)CC(C)(C)C1. The molecule has 0 amide bonds. The molecule has 1 aliphatic carbocycles. The topological polar surface area (TPSA) is 17.1 Å². The van der Waals surface area contributed by atoms with Crippen LogP contribution >= 0.6 is 0 Å². The Morgan fingerprint density at radius 1 is 1.50 bits per heavy atom. The van der Waals surface area contributed by atoms with E-state index in [0.717, 1.165) is 25.7 Å². The van der Waals surface area contributed by atoms with Gasteiger partial charge in [-0.2, -0.15) is 0 Å². The van der Waals surface area contributed by atoms with Gasteiger partial charge in [-0.25, -0.2) is 0 Å². The quantitative estimate of drug-likeness (QED) is 0.493. The fourth-order valence-electron chi connectivity index (χ4n) is 2.06. The second kappa shape index (κ2) is 4.46. The van der Waals surface area contributed by atoms with Crippen molar-refractivity contribution in [2.45, 2.75) is 46.0 Å². The fourth-order valence-corrected chi connectivity index (χ4v) is 2.06. The number of rotatable bonds is 3. The van der Waals surface area contributed by atoms with E-state index in [1.165, 1.54) is 5.57 Å². The highest BCUT2D eigenvalue weighted by Gasteiger charge is 2.26. The predicted octanol–water partition coefficient (Wildman–Crippen LogP) is 3.11. The van der Waals surface area contributed by atoms with Gasteiger partial charge in [-0.3, -0.25) is 4.79 Å². The second-order valence-corrected chi connectivity index (χ2v) is 4.84. The van der Waals surface area contributed by atoms with E-state index in [9.17, 15) is 4.79 Å². The lowest BCUT2D eigenvalue weighted by molar-refractivity contribution is -0.117. The van der Waals surface area contributed by atoms with Crippen LogP contribution in [0.3, 0.4) is 0 Å². The number of unbranched alkanes of at least 4 members (excludes halogenated alkanes) is 1. The zero-order valence-corrected chi connectivity index (χ0v) is 9.10. The molecule has 0 saturated heterocycles. The van der Waals surface area contributed by atoms with E-state index >= 15 is 0 Å². The maximum absolute atomic E-state index is 11.4. The minimum absolute atomic E-state index is 0.150. The lowest BCUT2D eigenvalue weighted by atomic mass is 9.76. The molecule has 0 aliphatic heterocycles. The zero-order chi connectivity index (χ0) is 10.6. The molecule has 0 fully saturated rings. The van der Waals surface area contributed by atoms with Gasteiger partial charge in [0.15, 0.2) is 5.78 Å². The molecule has 0 radical (unpaired) electrons. The molecule has 1 heteroatoms. The summed E-state index contributed by atoms with van der Waals surface area (Å²) in [5.74, 6) is 2.90. The molecule has 0 aromatic rings. The van der Waals surface area contributed by atoms with Crippen LogP contribution in [0.1, 0.15) is 46.0 Å². The van der Waals surface area contributed by atoms with Crippen LogP contribution < -0.4 is 0 Å². The van der Waals surface area contributed by atoms with E-state index in [1.807, 2.05) is 6.08 Å². The molecule has 1 rings (SSSR count). The summed E-state index contributed by atoms with van der Waals surface area (Å²) in [5, 5.41) is 0. The minimum Gasteiger partial charge on any atom is -0.295 e. The summed E-state index contributed by atoms with van der Waals surface area (Å²) in [6.07, 6.45) is 11.5. The number of carbonyl (C=O) groups excluding carboxylic acids is 1. The largest absolute Gasteiger partial charge is 0.295 e. The Labute approximate surface area is 86.6 Å². The van der Waals surface area contributed by atoms with Gasteiger partial charge < -0.3 is 0 Å². The first-order chi connectivity index (χ1) is 6.53. The van der Waals surface area contributed by atoms with E-state index in [4.69, 9.17) is 6.42 Å². The molecule has 0 spiro atoms. The van der Waals surface area contributed by atoms with Crippen LogP contribution in [0.15, 0.2) is 11.6 Å². The van der Waals surface area contributed by atoms with Crippen molar-refractivity contribution in [3.05, 3.63) is 11.6 Å². The standard InChI is InChI=1S/C13H18O/c1-4-5-6-7-11-8-12(14)10-13(2,3)9-11/h1,8H,5-7,9-10H2,2-3H3. The number of terminal acetylenes is 1. The molecular formula is C13H18O. The van der Waals surface area contributed by atoms with Crippen molar-refractivity contribution in [3.8, 4) is 12.3 Å². The molecule has 0 bridgehead atoms. The van der Waals surface area contributed by atoms with Crippen LogP contribution in [0.2, 0.25) is 0 Å². The van der Waals surface area contributed by atoms with Crippen molar-refractivity contribution in [2.24, 2.45) is 5.41 Å². The molecule has 0 saturated carbocycles. The summed E-state index contributed by atoms with van der Waals surface area (Å²) in [5.41, 5.74) is 1.43. The summed E-state index contributed by atoms with van der Waals surface area (Å²) in [7, 11) is 0. The minimum atomic E-state index is 0.150. The Balaban J connectivity index is 2.53. The highest BCUT2D eigenvalue weighted by atomic mass is 16.1. The first kappa shape index (κ1) is 11.0. The highest BCUT2D eigenvalue weighted by molar-refractivity contribution is 5.91. The average Bonchev–Trinajstić information content (AvgIpc) is 2.00. The van der Waals surface area contributed by atoms with Gasteiger partial charge in [0, 0.05) is 12.8 Å². The lowest BCUT2D eigenvalue weighted by Crippen LogP contribution is -2.21. The first-order valence-electron chi connectivity index (χ1n) is 5.19. The molecule has 76 valence electrons. The fraction of sp³-hybridized carbons (Fsp3) is 0.615. The summed E-state index contributed by atoms with van der Waals surface area (Å²) in [6, 6.07) is 0. The van der Waals surface area contributed by atoms with Crippen molar-refractivity contribution < 1.29 is 4.79 Å². The molecule has 0 heterocycles. The van der Waals surface area contributed by atoms with E-state index in [-0.39, 0.29) is 11.2 Å². The third-order valence-electron chi connectivity index (χ3n) is 2.54. The van der Waals surface area contributed by atoms with Gasteiger partial charge in [-0.15, -0.1) is 12.3 Å². The third-order valence-corrected chi connectivity index (χ3v) is 2.54. The van der Waals surface area contributed by atoms with Crippen molar-refractivity contribution in [1.29, 1.82) is 0 Å². The predicted molar refractivity (Wildman–Crippen MR) is 58.8 cm³/mol. The maximum atomic E-state index is 11.4. The van der Waals surface area contributed by atoms with Crippen molar-refractivity contribution in [2.75, 3.05) is 0 Å². The molecule has 1 nitrogen and oxygen atoms in total. The number of carbonyl (C=O) groups is 1. The molecule has 0 atom stereocenters. The van der Waals surface area contributed by atoms with Crippen LogP contribution in [-0.2, 0) is 4.79 Å². The van der Waals surface area contributed by atoms with Gasteiger partial charge in [-0.05, 0) is 30.8 Å². The van der Waals surface area contributed by atoms with E-state index in [2.05, 4.69) is 19.8 Å². The van der Waals surface area contributed by atoms with Gasteiger partial charge in [0.25, 0.3) is 0 Å². The molecule has 0 aromatic heterocycles. The van der Waals surface area contributed by atoms with E-state index in [1.54, 1.807) is 0 Å². The first-order valence-corrected chi connectivity index (χ1v) is 5.19. The smallest absolute Gasteiger partial charge is 0.156 e. The maximum Gasteiger partial charge on any atom is 0.156 e. The molecule has 14 heavy (non-hydrogen) atoms. The number of ketones is 1. The Morgan fingerprint density at radius 3 is 2.79 bits per heavy atom. The second-order valence-electron chi connectivity index (χ2n) is 4.84. The molecule has 1 aliphatic rings. The van der Waals surface area contributed by atoms with Gasteiger partial charge in [0.05, 0.1) is 0 Å². The molecule has 0 aromatic carbocycles. The zero-order valence-electron chi connectivity index (χ0n) is 9.10. The Bertz CT molecular complexity index is 289. The molecule has 0 unspecified atom stereocenters. The third kappa shape index (κ3) is 3.38. The Morgan fingerprint density at radius 2 is 2.21 bits per heavy atom. The number of hydrogen-bond acceptors (Lipinski definition) is 1. The lowest BCUT2D eigenvalue weighted by Gasteiger charge is -2.28. The molecular weight excluding hydrogens is 172 g/mol. The van der Waals surface area contributed by atoms with E-state index in [0.29, 0.717) is 6.42 Å².